The maximum Gasteiger partial charge on any atom is 0.459 e. The predicted molar refractivity (Wildman–Crippen MR) is 94.5 cm³/mol. The third-order valence-electron chi connectivity index (χ3n) is 4.13. The van der Waals surface area contributed by atoms with Gasteiger partial charge in [0.2, 0.25) is 0 Å². The highest BCUT2D eigenvalue weighted by Gasteiger charge is 2.62. The zero-order chi connectivity index (χ0) is 21.5. The maximum atomic E-state index is 13.6. The molecule has 1 amide bonds. The van der Waals surface area contributed by atoms with Crippen LogP contribution in [0.5, 0.6) is 0 Å². The first kappa shape index (κ1) is 22.1. The van der Waals surface area contributed by atoms with Crippen LogP contribution < -0.4 is 5.32 Å². The SMILES string of the molecule is Cn1nc(C(=O)NCc2ccc(C(C)(C)C)cc2)c(Cl)c1C(F)(F)C(F)(F)F. The molecule has 28 heavy (non-hydrogen) atoms. The van der Waals surface area contributed by atoms with E-state index in [1.165, 1.54) is 0 Å². The van der Waals surface area contributed by atoms with E-state index in [1.54, 1.807) is 12.1 Å². The number of rotatable bonds is 4. The Balaban J connectivity index is 2.19. The van der Waals surface area contributed by atoms with E-state index in [0.29, 0.717) is 5.56 Å². The molecule has 0 radical (unpaired) electrons. The van der Waals surface area contributed by atoms with Crippen molar-refractivity contribution in [3.63, 3.8) is 0 Å². The van der Waals surface area contributed by atoms with Crippen molar-refractivity contribution in [1.29, 1.82) is 0 Å². The summed E-state index contributed by atoms with van der Waals surface area (Å²) in [6.07, 6.45) is -5.87. The minimum Gasteiger partial charge on any atom is -0.347 e. The Morgan fingerprint density at radius 1 is 1.11 bits per heavy atom. The third-order valence-corrected chi connectivity index (χ3v) is 4.49. The zero-order valence-electron chi connectivity index (χ0n) is 15.6. The van der Waals surface area contributed by atoms with E-state index in [4.69, 9.17) is 11.6 Å². The highest BCUT2D eigenvalue weighted by Crippen LogP contribution is 2.46. The molecule has 4 nitrogen and oxygen atoms in total. The summed E-state index contributed by atoms with van der Waals surface area (Å²) in [6.45, 7) is 6.16. The zero-order valence-corrected chi connectivity index (χ0v) is 16.3. The lowest BCUT2D eigenvalue weighted by Crippen LogP contribution is -2.35. The number of hydrogen-bond acceptors (Lipinski definition) is 2. The molecule has 2 rings (SSSR count). The number of alkyl halides is 5. The standard InChI is InChI=1S/C18H19ClF5N3O/c1-16(2,3)11-7-5-10(6-8-11)9-25-15(28)13-12(19)14(27(4)26-13)17(20,21)18(22,23)24/h5-8H,9H2,1-4H3,(H,25,28). The van der Waals surface area contributed by atoms with Crippen molar-refractivity contribution in [2.75, 3.05) is 0 Å². The van der Waals surface area contributed by atoms with Crippen LogP contribution >= 0.6 is 11.6 Å². The number of nitrogens with one attached hydrogen (secondary N) is 1. The summed E-state index contributed by atoms with van der Waals surface area (Å²) >= 11 is 5.64. The van der Waals surface area contributed by atoms with Crippen LogP contribution in [-0.2, 0) is 24.9 Å². The summed E-state index contributed by atoms with van der Waals surface area (Å²) in [7, 11) is 0.864. The van der Waals surface area contributed by atoms with Gasteiger partial charge in [-0.3, -0.25) is 9.48 Å². The van der Waals surface area contributed by atoms with Crippen LogP contribution in [0.2, 0.25) is 5.02 Å². The Morgan fingerprint density at radius 3 is 2.11 bits per heavy atom. The van der Waals surface area contributed by atoms with Crippen LogP contribution in [0, 0.1) is 0 Å². The van der Waals surface area contributed by atoms with Crippen LogP contribution in [-0.4, -0.2) is 21.9 Å². The lowest BCUT2D eigenvalue weighted by molar-refractivity contribution is -0.291. The molecule has 0 aliphatic carbocycles. The molecule has 0 saturated heterocycles. The van der Waals surface area contributed by atoms with Crippen LogP contribution in [0.3, 0.4) is 0 Å². The molecule has 0 bridgehead atoms. The molecule has 1 aromatic carbocycles. The van der Waals surface area contributed by atoms with Crippen molar-refractivity contribution in [2.45, 2.75) is 44.8 Å². The van der Waals surface area contributed by atoms with Crippen LogP contribution in [0.1, 0.15) is 48.1 Å². The molecule has 0 spiro atoms. The van der Waals surface area contributed by atoms with Gasteiger partial charge in [-0.1, -0.05) is 56.6 Å². The number of halogens is 6. The first-order valence-corrected chi connectivity index (χ1v) is 8.59. The second-order valence-corrected chi connectivity index (χ2v) is 7.71. The van der Waals surface area contributed by atoms with Gasteiger partial charge in [0.1, 0.15) is 10.7 Å². The van der Waals surface area contributed by atoms with Crippen LogP contribution in [0.25, 0.3) is 0 Å². The smallest absolute Gasteiger partial charge is 0.347 e. The van der Waals surface area contributed by atoms with Gasteiger partial charge in [0.05, 0.1) is 0 Å². The summed E-state index contributed by atoms with van der Waals surface area (Å²) in [5.41, 5.74) is -0.539. The van der Waals surface area contributed by atoms with Gasteiger partial charge in [-0.05, 0) is 16.5 Å². The number of benzene rings is 1. The number of hydrogen-bond donors (Lipinski definition) is 1. The van der Waals surface area contributed by atoms with Crippen molar-refractivity contribution >= 4 is 17.5 Å². The fourth-order valence-electron chi connectivity index (χ4n) is 2.51. The summed E-state index contributed by atoms with van der Waals surface area (Å²) < 4.78 is 65.4. The van der Waals surface area contributed by atoms with Crippen molar-refractivity contribution in [1.82, 2.24) is 15.1 Å². The normalized spacial score (nSPS) is 12.9. The quantitative estimate of drug-likeness (QED) is 0.707. The van der Waals surface area contributed by atoms with E-state index >= 15 is 0 Å². The molecule has 2 aromatic rings. The number of carbonyl (C=O) groups excluding carboxylic acids is 1. The number of carbonyl (C=O) groups is 1. The van der Waals surface area contributed by atoms with Crippen LogP contribution in [0.4, 0.5) is 22.0 Å². The summed E-state index contributed by atoms with van der Waals surface area (Å²) in [4.78, 5) is 12.2. The topological polar surface area (TPSA) is 46.9 Å². The molecule has 10 heteroatoms. The fourth-order valence-corrected chi connectivity index (χ4v) is 2.87. The summed E-state index contributed by atoms with van der Waals surface area (Å²) in [5.74, 6) is -6.20. The van der Waals surface area contributed by atoms with Gasteiger partial charge in [-0.15, -0.1) is 0 Å². The van der Waals surface area contributed by atoms with Crippen molar-refractivity contribution in [3.05, 3.63) is 51.8 Å². The average Bonchev–Trinajstić information content (AvgIpc) is 2.86. The monoisotopic (exact) mass is 423 g/mol. The summed E-state index contributed by atoms with van der Waals surface area (Å²) in [5, 5.41) is 4.82. The molecular weight excluding hydrogens is 405 g/mol. The predicted octanol–water partition coefficient (Wildman–Crippen LogP) is 4.96. The Morgan fingerprint density at radius 2 is 1.64 bits per heavy atom. The molecule has 0 aliphatic heterocycles. The van der Waals surface area contributed by atoms with Crippen molar-refractivity contribution < 1.29 is 26.7 Å². The molecule has 0 aliphatic rings. The lowest BCUT2D eigenvalue weighted by Gasteiger charge is -2.19. The van der Waals surface area contributed by atoms with Crippen LogP contribution in [0.15, 0.2) is 24.3 Å². The second-order valence-electron chi connectivity index (χ2n) is 7.34. The molecule has 0 fully saturated rings. The van der Waals surface area contributed by atoms with Gasteiger partial charge < -0.3 is 5.32 Å². The molecule has 0 unspecified atom stereocenters. The molecule has 1 N–H and O–H groups in total. The highest BCUT2D eigenvalue weighted by molar-refractivity contribution is 6.34. The molecule has 0 saturated carbocycles. The highest BCUT2D eigenvalue weighted by atomic mass is 35.5. The van der Waals surface area contributed by atoms with E-state index in [1.807, 2.05) is 32.9 Å². The fraction of sp³-hybridized carbons (Fsp3) is 0.444. The number of nitrogens with zero attached hydrogens (tertiary/aromatic N) is 2. The van der Waals surface area contributed by atoms with Crippen molar-refractivity contribution in [3.8, 4) is 0 Å². The molecule has 154 valence electrons. The van der Waals surface area contributed by atoms with E-state index in [2.05, 4.69) is 10.4 Å². The first-order valence-electron chi connectivity index (χ1n) is 8.21. The van der Waals surface area contributed by atoms with E-state index in [-0.39, 0.29) is 16.6 Å². The number of aryl methyl sites for hydroxylation is 1. The lowest BCUT2D eigenvalue weighted by atomic mass is 9.87. The second kappa shape index (κ2) is 7.35. The molecule has 0 atom stereocenters. The third kappa shape index (κ3) is 4.29. The number of amides is 1. The average molecular weight is 424 g/mol. The minimum atomic E-state index is -5.87. The Hall–Kier alpha value is -2.16. The minimum absolute atomic E-state index is 0.0289. The Kier molecular flexibility index (Phi) is 5.81. The van der Waals surface area contributed by atoms with Gasteiger partial charge in [0, 0.05) is 13.6 Å². The van der Waals surface area contributed by atoms with Gasteiger partial charge >= 0.3 is 12.1 Å². The first-order chi connectivity index (χ1) is 12.7. The van der Waals surface area contributed by atoms with Gasteiger partial charge in [0.25, 0.3) is 5.91 Å². The van der Waals surface area contributed by atoms with Crippen molar-refractivity contribution in [2.24, 2.45) is 7.05 Å². The Labute approximate surface area is 163 Å². The van der Waals surface area contributed by atoms with Gasteiger partial charge in [-0.25, -0.2) is 0 Å². The van der Waals surface area contributed by atoms with Gasteiger partial charge in [0.15, 0.2) is 5.69 Å². The Bertz CT molecular complexity index is 867. The van der Waals surface area contributed by atoms with Gasteiger partial charge in [-0.2, -0.15) is 27.1 Å². The summed E-state index contributed by atoms with van der Waals surface area (Å²) in [6, 6.07) is 7.34. The number of aromatic nitrogens is 2. The van der Waals surface area contributed by atoms with E-state index < -0.39 is 34.4 Å². The van der Waals surface area contributed by atoms with E-state index in [9.17, 15) is 26.7 Å². The molecular formula is C18H19ClF5N3O. The largest absolute Gasteiger partial charge is 0.459 e. The molecule has 1 heterocycles. The maximum absolute atomic E-state index is 13.6. The molecule has 1 aromatic heterocycles. The van der Waals surface area contributed by atoms with E-state index in [0.717, 1.165) is 12.6 Å².